The summed E-state index contributed by atoms with van der Waals surface area (Å²) >= 11 is 1.40. The second kappa shape index (κ2) is 9.22. The van der Waals surface area contributed by atoms with Crippen LogP contribution in [0.2, 0.25) is 0 Å². The number of methoxy groups -OCH3 is 2. The van der Waals surface area contributed by atoms with Gasteiger partial charge in [0.05, 0.1) is 14.2 Å². The van der Waals surface area contributed by atoms with E-state index in [0.29, 0.717) is 40.9 Å². The molecule has 0 saturated carbocycles. The number of likely N-dealkylation sites (N-methyl/N-ethyl adjacent to an activating group) is 1. The fourth-order valence-corrected chi connectivity index (χ4v) is 3.74. The van der Waals surface area contributed by atoms with E-state index in [0.717, 1.165) is 4.70 Å². The zero-order chi connectivity index (χ0) is 19.6. The maximum atomic E-state index is 13.1. The number of thiazole rings is 1. The molecule has 0 radical (unpaired) electrons. The first kappa shape index (κ1) is 21.9. The molecular formula is C18H24ClN5O3S. The number of ether oxygens (including phenoxy) is 2. The number of hydrogen-bond donors (Lipinski definition) is 0. The minimum absolute atomic E-state index is 0. The van der Waals surface area contributed by atoms with Crippen molar-refractivity contribution in [1.29, 1.82) is 0 Å². The average molecular weight is 426 g/mol. The van der Waals surface area contributed by atoms with Crippen molar-refractivity contribution in [2.75, 3.05) is 46.3 Å². The number of aromatic nitrogens is 3. The molecule has 0 aliphatic heterocycles. The van der Waals surface area contributed by atoms with Crippen molar-refractivity contribution in [2.45, 2.75) is 0 Å². The summed E-state index contributed by atoms with van der Waals surface area (Å²) in [7, 11) is 8.93. The van der Waals surface area contributed by atoms with Crippen LogP contribution in [-0.4, -0.2) is 67.0 Å². The third kappa shape index (κ3) is 4.37. The van der Waals surface area contributed by atoms with Gasteiger partial charge in [-0.05, 0) is 32.3 Å². The van der Waals surface area contributed by atoms with Gasteiger partial charge in [0.2, 0.25) is 0 Å². The topological polar surface area (TPSA) is 72.7 Å². The molecule has 1 aromatic carbocycles. The Morgan fingerprint density at radius 2 is 1.82 bits per heavy atom. The third-order valence-electron chi connectivity index (χ3n) is 4.08. The van der Waals surface area contributed by atoms with Crippen LogP contribution in [0.15, 0.2) is 24.4 Å². The van der Waals surface area contributed by atoms with Crippen LogP contribution in [0.5, 0.6) is 11.5 Å². The summed E-state index contributed by atoms with van der Waals surface area (Å²) in [5.41, 5.74) is 1.06. The Labute approximate surface area is 174 Å². The molecule has 0 fully saturated rings. The average Bonchev–Trinajstić information content (AvgIpc) is 3.27. The Morgan fingerprint density at radius 3 is 2.39 bits per heavy atom. The van der Waals surface area contributed by atoms with Crippen molar-refractivity contribution in [3.63, 3.8) is 0 Å². The second-order valence-corrected chi connectivity index (χ2v) is 7.26. The van der Waals surface area contributed by atoms with Gasteiger partial charge in [0.25, 0.3) is 5.91 Å². The summed E-state index contributed by atoms with van der Waals surface area (Å²) < 4.78 is 13.3. The molecule has 10 heteroatoms. The highest BCUT2D eigenvalue weighted by atomic mass is 35.5. The van der Waals surface area contributed by atoms with Crippen molar-refractivity contribution in [2.24, 2.45) is 7.05 Å². The number of amides is 1. The Morgan fingerprint density at radius 1 is 1.14 bits per heavy atom. The molecule has 0 N–H and O–H groups in total. The SMILES string of the molecule is COc1ccc(OC)c2sc(N(CCN(C)C)C(=O)c3ccn(C)n3)nc12.Cl. The zero-order valence-corrected chi connectivity index (χ0v) is 18.1. The highest BCUT2D eigenvalue weighted by Gasteiger charge is 2.25. The number of anilines is 1. The molecule has 8 nitrogen and oxygen atoms in total. The molecule has 0 aliphatic rings. The molecule has 1 amide bonds. The summed E-state index contributed by atoms with van der Waals surface area (Å²) in [5.74, 6) is 1.16. The molecule has 0 bridgehead atoms. The fourth-order valence-electron chi connectivity index (χ4n) is 2.64. The molecule has 0 spiro atoms. The van der Waals surface area contributed by atoms with Crippen LogP contribution in [0.4, 0.5) is 5.13 Å². The number of rotatable bonds is 7. The van der Waals surface area contributed by atoms with E-state index in [2.05, 4.69) is 10.1 Å². The van der Waals surface area contributed by atoms with E-state index in [-0.39, 0.29) is 18.3 Å². The van der Waals surface area contributed by atoms with Crippen molar-refractivity contribution in [3.05, 3.63) is 30.1 Å². The predicted octanol–water partition coefficient (Wildman–Crippen LogP) is 2.68. The molecule has 0 atom stereocenters. The van der Waals surface area contributed by atoms with Crippen molar-refractivity contribution < 1.29 is 14.3 Å². The lowest BCUT2D eigenvalue weighted by molar-refractivity contribution is 0.0979. The Kier molecular flexibility index (Phi) is 7.22. The quantitative estimate of drug-likeness (QED) is 0.579. The van der Waals surface area contributed by atoms with Gasteiger partial charge in [-0.3, -0.25) is 14.4 Å². The number of nitrogens with zero attached hydrogens (tertiary/aromatic N) is 5. The van der Waals surface area contributed by atoms with Crippen LogP contribution in [0.25, 0.3) is 10.2 Å². The lowest BCUT2D eigenvalue weighted by Crippen LogP contribution is -2.37. The van der Waals surface area contributed by atoms with Crippen molar-refractivity contribution in [1.82, 2.24) is 19.7 Å². The van der Waals surface area contributed by atoms with Gasteiger partial charge in [0, 0.05) is 26.3 Å². The number of carbonyl (C=O) groups excluding carboxylic acids is 1. The van der Waals surface area contributed by atoms with E-state index < -0.39 is 0 Å². The van der Waals surface area contributed by atoms with Gasteiger partial charge < -0.3 is 14.4 Å². The van der Waals surface area contributed by atoms with Crippen molar-refractivity contribution in [3.8, 4) is 11.5 Å². The molecule has 152 valence electrons. The molecule has 2 aromatic heterocycles. The molecule has 0 saturated heterocycles. The Balaban J connectivity index is 0.00000280. The first-order valence-corrected chi connectivity index (χ1v) is 9.24. The van der Waals surface area contributed by atoms with Gasteiger partial charge >= 0.3 is 0 Å². The van der Waals surface area contributed by atoms with Gasteiger partial charge in [-0.2, -0.15) is 5.10 Å². The third-order valence-corrected chi connectivity index (χ3v) is 5.17. The minimum Gasteiger partial charge on any atom is -0.495 e. The zero-order valence-electron chi connectivity index (χ0n) is 16.5. The normalized spacial score (nSPS) is 10.8. The van der Waals surface area contributed by atoms with Crippen LogP contribution in [0.1, 0.15) is 10.5 Å². The van der Waals surface area contributed by atoms with E-state index in [1.165, 1.54) is 11.3 Å². The van der Waals surface area contributed by atoms with E-state index in [1.54, 1.807) is 43.1 Å². The maximum absolute atomic E-state index is 13.1. The fraction of sp³-hybridized carbons (Fsp3) is 0.389. The number of halogens is 1. The summed E-state index contributed by atoms with van der Waals surface area (Å²) in [6.45, 7) is 1.19. The van der Waals surface area contributed by atoms with Gasteiger partial charge in [-0.25, -0.2) is 4.98 Å². The smallest absolute Gasteiger partial charge is 0.280 e. The van der Waals surface area contributed by atoms with Crippen LogP contribution in [-0.2, 0) is 7.05 Å². The molecular weight excluding hydrogens is 402 g/mol. The van der Waals surface area contributed by atoms with E-state index in [9.17, 15) is 4.79 Å². The lowest BCUT2D eigenvalue weighted by atomic mass is 10.3. The number of fused-ring (bicyclic) bond motifs is 1. The first-order valence-electron chi connectivity index (χ1n) is 8.42. The standard InChI is InChI=1S/C18H23N5O3S.ClH/c1-21(2)10-11-23(17(24)12-8-9-22(3)20-12)18-19-15-13(25-4)6-7-14(26-5)16(15)27-18;/h6-9H,10-11H2,1-5H3;1H. The maximum Gasteiger partial charge on any atom is 0.280 e. The van der Waals surface area contributed by atoms with E-state index in [4.69, 9.17) is 9.47 Å². The highest BCUT2D eigenvalue weighted by Crippen LogP contribution is 2.40. The summed E-state index contributed by atoms with van der Waals surface area (Å²) in [4.78, 5) is 21.5. The van der Waals surface area contributed by atoms with Crippen molar-refractivity contribution >= 4 is 45.0 Å². The van der Waals surface area contributed by atoms with Crippen LogP contribution >= 0.6 is 23.7 Å². The highest BCUT2D eigenvalue weighted by molar-refractivity contribution is 7.22. The number of hydrogen-bond acceptors (Lipinski definition) is 7. The van der Waals surface area contributed by atoms with E-state index >= 15 is 0 Å². The molecule has 0 aliphatic carbocycles. The van der Waals surface area contributed by atoms with Crippen LogP contribution in [0, 0.1) is 0 Å². The lowest BCUT2D eigenvalue weighted by Gasteiger charge is -2.21. The molecule has 0 unspecified atom stereocenters. The molecule has 28 heavy (non-hydrogen) atoms. The second-order valence-electron chi connectivity index (χ2n) is 6.28. The first-order chi connectivity index (χ1) is 12.9. The van der Waals surface area contributed by atoms with Gasteiger partial charge in [-0.15, -0.1) is 12.4 Å². The van der Waals surface area contributed by atoms with E-state index in [1.807, 2.05) is 31.1 Å². The monoisotopic (exact) mass is 425 g/mol. The van der Waals surface area contributed by atoms with Gasteiger partial charge in [-0.1, -0.05) is 11.3 Å². The van der Waals surface area contributed by atoms with Gasteiger partial charge in [0.1, 0.15) is 21.7 Å². The van der Waals surface area contributed by atoms with Gasteiger partial charge in [0.15, 0.2) is 10.8 Å². The van der Waals surface area contributed by atoms with Crippen LogP contribution in [0.3, 0.4) is 0 Å². The molecule has 2 heterocycles. The number of carbonyl (C=O) groups is 1. The minimum atomic E-state index is -0.186. The Hall–Kier alpha value is -2.36. The predicted molar refractivity (Wildman–Crippen MR) is 113 cm³/mol. The van der Waals surface area contributed by atoms with Crippen LogP contribution < -0.4 is 14.4 Å². The molecule has 3 aromatic rings. The largest absolute Gasteiger partial charge is 0.495 e. The molecule has 3 rings (SSSR count). The number of benzene rings is 1. The summed E-state index contributed by atoms with van der Waals surface area (Å²) in [6.07, 6.45) is 1.75. The summed E-state index contributed by atoms with van der Waals surface area (Å²) in [6, 6.07) is 5.36. The Bertz CT molecular complexity index is 915. The summed E-state index contributed by atoms with van der Waals surface area (Å²) in [5, 5.41) is 4.83. The number of aryl methyl sites for hydroxylation is 1.